The van der Waals surface area contributed by atoms with Crippen molar-refractivity contribution >= 4 is 5.69 Å². The fourth-order valence-corrected chi connectivity index (χ4v) is 0.911. The molecule has 11 heavy (non-hydrogen) atoms. The molecule has 0 atom stereocenters. The molecule has 1 aromatic carbocycles. The lowest BCUT2D eigenvalue weighted by molar-refractivity contribution is 0.755. The average Bonchev–Trinajstić information content (AvgIpc) is 2.05. The number of hydrogen-bond donors (Lipinski definition) is 0. The van der Waals surface area contributed by atoms with Gasteiger partial charge in [-0.05, 0) is 32.0 Å². The fraction of sp³-hybridized carbons (Fsp3) is 0.400. The quantitative estimate of drug-likeness (QED) is 0.622. The number of benzene rings is 1. The second kappa shape index (κ2) is 3.42. The maximum atomic E-state index is 3.00. The fourth-order valence-electron chi connectivity index (χ4n) is 0.911. The minimum absolute atomic E-state index is 0.553. The average molecular weight is 148 g/mol. The van der Waals surface area contributed by atoms with Gasteiger partial charge < -0.3 is 4.90 Å². The SMILES string of the molecule is CC(C)N(C)c1cc[c]cc1. The predicted octanol–water partition coefficient (Wildman–Crippen LogP) is 2.33. The number of nitrogens with zero attached hydrogens (tertiary/aromatic N) is 1. The molecule has 0 N–H and O–H groups in total. The Morgan fingerprint density at radius 1 is 1.27 bits per heavy atom. The molecule has 0 saturated carbocycles. The van der Waals surface area contributed by atoms with Gasteiger partial charge in [0.1, 0.15) is 0 Å². The van der Waals surface area contributed by atoms with Crippen LogP contribution in [0.15, 0.2) is 24.3 Å². The Bertz CT molecular complexity index is 203. The molecule has 0 amide bonds. The Hall–Kier alpha value is -0.980. The van der Waals surface area contributed by atoms with Gasteiger partial charge in [0.05, 0.1) is 0 Å². The third-order valence-electron chi connectivity index (χ3n) is 1.88. The highest BCUT2D eigenvalue weighted by molar-refractivity contribution is 5.45. The van der Waals surface area contributed by atoms with Crippen LogP contribution in [0.4, 0.5) is 5.69 Å². The van der Waals surface area contributed by atoms with E-state index in [1.807, 2.05) is 12.1 Å². The lowest BCUT2D eigenvalue weighted by atomic mass is 10.2. The van der Waals surface area contributed by atoms with E-state index < -0.39 is 0 Å². The van der Waals surface area contributed by atoms with E-state index in [2.05, 4.69) is 44.0 Å². The van der Waals surface area contributed by atoms with Crippen molar-refractivity contribution in [2.45, 2.75) is 19.9 Å². The molecule has 1 radical (unpaired) electrons. The minimum atomic E-state index is 0.553. The van der Waals surface area contributed by atoms with E-state index in [1.54, 1.807) is 0 Å². The molecule has 0 aliphatic carbocycles. The maximum Gasteiger partial charge on any atom is 0.0366 e. The van der Waals surface area contributed by atoms with Crippen LogP contribution in [0.25, 0.3) is 0 Å². The van der Waals surface area contributed by atoms with Crippen LogP contribution >= 0.6 is 0 Å². The largest absolute Gasteiger partial charge is 0.372 e. The summed E-state index contributed by atoms with van der Waals surface area (Å²) >= 11 is 0. The zero-order valence-electron chi connectivity index (χ0n) is 7.33. The molecule has 0 bridgehead atoms. The number of rotatable bonds is 2. The summed E-state index contributed by atoms with van der Waals surface area (Å²) in [7, 11) is 2.10. The van der Waals surface area contributed by atoms with Crippen molar-refractivity contribution in [3.05, 3.63) is 30.3 Å². The molecular formula is C10H14N. The van der Waals surface area contributed by atoms with Gasteiger partial charge >= 0.3 is 0 Å². The summed E-state index contributed by atoms with van der Waals surface area (Å²) in [6.45, 7) is 4.35. The lowest BCUT2D eigenvalue weighted by Crippen LogP contribution is -2.25. The van der Waals surface area contributed by atoms with Gasteiger partial charge in [0, 0.05) is 18.8 Å². The summed E-state index contributed by atoms with van der Waals surface area (Å²) in [5.41, 5.74) is 1.25. The molecule has 59 valence electrons. The van der Waals surface area contributed by atoms with Gasteiger partial charge in [0.2, 0.25) is 0 Å². The molecule has 0 spiro atoms. The Balaban J connectivity index is 2.77. The van der Waals surface area contributed by atoms with Crippen LogP contribution in [0.5, 0.6) is 0 Å². The first-order valence-electron chi connectivity index (χ1n) is 3.91. The molecule has 1 heteroatoms. The van der Waals surface area contributed by atoms with Gasteiger partial charge in [-0.1, -0.05) is 12.1 Å². The van der Waals surface area contributed by atoms with Gasteiger partial charge in [-0.3, -0.25) is 0 Å². The van der Waals surface area contributed by atoms with Gasteiger partial charge in [-0.15, -0.1) is 0 Å². The summed E-state index contributed by atoms with van der Waals surface area (Å²) in [5, 5.41) is 0. The van der Waals surface area contributed by atoms with Crippen LogP contribution in [0.1, 0.15) is 13.8 Å². The van der Waals surface area contributed by atoms with Gasteiger partial charge in [-0.2, -0.15) is 0 Å². The molecule has 1 aromatic rings. The zero-order chi connectivity index (χ0) is 8.27. The highest BCUT2D eigenvalue weighted by atomic mass is 15.1. The standard InChI is InChI=1S/C10H14N/c1-9(2)11(3)10-7-5-4-6-8-10/h5-9H,1-3H3. The molecule has 0 fully saturated rings. The number of hydrogen-bond acceptors (Lipinski definition) is 1. The van der Waals surface area contributed by atoms with Crippen LogP contribution in [0.2, 0.25) is 0 Å². The Labute approximate surface area is 68.7 Å². The first-order valence-corrected chi connectivity index (χ1v) is 3.91. The molecule has 1 nitrogen and oxygen atoms in total. The second-order valence-electron chi connectivity index (χ2n) is 2.96. The van der Waals surface area contributed by atoms with E-state index in [-0.39, 0.29) is 0 Å². The topological polar surface area (TPSA) is 3.24 Å². The summed E-state index contributed by atoms with van der Waals surface area (Å²) < 4.78 is 0. The summed E-state index contributed by atoms with van der Waals surface area (Å²) in [6, 6.07) is 11.6. The van der Waals surface area contributed by atoms with Crippen LogP contribution in [-0.4, -0.2) is 13.1 Å². The summed E-state index contributed by atoms with van der Waals surface area (Å²) in [4.78, 5) is 2.23. The molecule has 0 heterocycles. The van der Waals surface area contributed by atoms with Crippen molar-refractivity contribution in [2.75, 3.05) is 11.9 Å². The monoisotopic (exact) mass is 148 g/mol. The molecule has 0 aliphatic heterocycles. The van der Waals surface area contributed by atoms with Gasteiger partial charge in [0.25, 0.3) is 0 Å². The van der Waals surface area contributed by atoms with E-state index in [1.165, 1.54) is 5.69 Å². The molecule has 1 rings (SSSR count). The van der Waals surface area contributed by atoms with Crippen LogP contribution < -0.4 is 4.90 Å². The third-order valence-corrected chi connectivity index (χ3v) is 1.88. The van der Waals surface area contributed by atoms with E-state index >= 15 is 0 Å². The third kappa shape index (κ3) is 1.97. The first kappa shape index (κ1) is 8.12. The van der Waals surface area contributed by atoms with Crippen LogP contribution in [-0.2, 0) is 0 Å². The van der Waals surface area contributed by atoms with Crippen molar-refractivity contribution < 1.29 is 0 Å². The van der Waals surface area contributed by atoms with Crippen LogP contribution in [0, 0.1) is 6.07 Å². The summed E-state index contributed by atoms with van der Waals surface area (Å²) in [6.07, 6.45) is 0. The second-order valence-corrected chi connectivity index (χ2v) is 2.96. The van der Waals surface area contributed by atoms with E-state index in [0.29, 0.717) is 6.04 Å². The zero-order valence-corrected chi connectivity index (χ0v) is 7.33. The van der Waals surface area contributed by atoms with Gasteiger partial charge in [-0.25, -0.2) is 0 Å². The van der Waals surface area contributed by atoms with Crippen molar-refractivity contribution in [1.82, 2.24) is 0 Å². The normalized spacial score (nSPS) is 10.2. The van der Waals surface area contributed by atoms with Gasteiger partial charge in [0.15, 0.2) is 0 Å². The summed E-state index contributed by atoms with van der Waals surface area (Å²) in [5.74, 6) is 0. The van der Waals surface area contributed by atoms with E-state index in [0.717, 1.165) is 0 Å². The first-order chi connectivity index (χ1) is 5.22. The molecule has 0 aromatic heterocycles. The van der Waals surface area contributed by atoms with E-state index in [9.17, 15) is 0 Å². The maximum absolute atomic E-state index is 3.00. The van der Waals surface area contributed by atoms with Crippen LogP contribution in [0.3, 0.4) is 0 Å². The number of anilines is 1. The van der Waals surface area contributed by atoms with Crippen molar-refractivity contribution in [3.63, 3.8) is 0 Å². The highest BCUT2D eigenvalue weighted by Gasteiger charge is 2.01. The van der Waals surface area contributed by atoms with Crippen molar-refractivity contribution in [2.24, 2.45) is 0 Å². The highest BCUT2D eigenvalue weighted by Crippen LogP contribution is 2.12. The molecule has 0 aliphatic rings. The molecule has 0 saturated heterocycles. The molecule has 0 unspecified atom stereocenters. The van der Waals surface area contributed by atoms with Crippen molar-refractivity contribution in [3.8, 4) is 0 Å². The van der Waals surface area contributed by atoms with E-state index in [4.69, 9.17) is 0 Å². The van der Waals surface area contributed by atoms with Crippen molar-refractivity contribution in [1.29, 1.82) is 0 Å². The minimum Gasteiger partial charge on any atom is -0.372 e. The predicted molar refractivity (Wildman–Crippen MR) is 48.8 cm³/mol. The Morgan fingerprint density at radius 2 is 1.82 bits per heavy atom. The Morgan fingerprint density at radius 3 is 2.27 bits per heavy atom. The Kier molecular flexibility index (Phi) is 2.53. The molecular weight excluding hydrogens is 134 g/mol. The smallest absolute Gasteiger partial charge is 0.0366 e. The lowest BCUT2D eigenvalue weighted by Gasteiger charge is -2.23.